The number of nitro groups is 1. The molecule has 2 aromatic rings. The van der Waals surface area contributed by atoms with Crippen LogP contribution >= 0.6 is 0 Å². The van der Waals surface area contributed by atoms with Gasteiger partial charge in [-0.2, -0.15) is 5.26 Å². The molecule has 0 aliphatic carbocycles. The van der Waals surface area contributed by atoms with Crippen LogP contribution in [0.15, 0.2) is 42.5 Å². The second kappa shape index (κ2) is 9.80. The summed E-state index contributed by atoms with van der Waals surface area (Å²) in [6, 6.07) is 14.3. The number of anilines is 1. The number of non-ortho nitro benzene ring substituents is 1. The van der Waals surface area contributed by atoms with Crippen LogP contribution in [-0.2, 0) is 4.79 Å². The van der Waals surface area contributed by atoms with Gasteiger partial charge in [0.05, 0.1) is 24.0 Å². The van der Waals surface area contributed by atoms with Crippen molar-refractivity contribution in [3.8, 4) is 6.07 Å². The molecular weight excluding hydrogens is 368 g/mol. The molecule has 0 saturated carbocycles. The van der Waals surface area contributed by atoms with Crippen molar-refractivity contribution in [2.24, 2.45) is 0 Å². The van der Waals surface area contributed by atoms with Crippen LogP contribution < -0.4 is 4.90 Å². The first kappa shape index (κ1) is 22.1. The van der Waals surface area contributed by atoms with Crippen molar-refractivity contribution in [2.75, 3.05) is 25.0 Å². The van der Waals surface area contributed by atoms with E-state index in [0.29, 0.717) is 6.54 Å². The number of rotatable bonds is 8. The molecule has 0 heterocycles. The molecule has 2 aromatic carbocycles. The van der Waals surface area contributed by atoms with Gasteiger partial charge in [-0.15, -0.1) is 0 Å². The molecular formula is C22H26N4O3. The number of nitriles is 1. The van der Waals surface area contributed by atoms with Gasteiger partial charge >= 0.3 is 0 Å². The second-order valence-electron chi connectivity index (χ2n) is 7.24. The minimum atomic E-state index is -0.426. The summed E-state index contributed by atoms with van der Waals surface area (Å²) < 4.78 is 0. The fraction of sp³-hybridized carbons (Fsp3) is 0.364. The molecule has 0 saturated heterocycles. The zero-order valence-electron chi connectivity index (χ0n) is 17.3. The van der Waals surface area contributed by atoms with E-state index < -0.39 is 4.92 Å². The number of benzene rings is 2. The predicted octanol–water partition coefficient (Wildman–Crippen LogP) is 4.15. The molecule has 0 N–H and O–H groups in total. The maximum Gasteiger partial charge on any atom is 0.269 e. The normalized spacial score (nSPS) is 11.7. The zero-order valence-corrected chi connectivity index (χ0v) is 17.3. The summed E-state index contributed by atoms with van der Waals surface area (Å²) in [6.07, 6.45) is 0.239. The molecule has 152 valence electrons. The lowest BCUT2D eigenvalue weighted by Crippen LogP contribution is -2.40. The molecule has 1 amide bonds. The minimum Gasteiger partial charge on any atom is -0.310 e. The second-order valence-corrected chi connectivity index (χ2v) is 7.24. The van der Waals surface area contributed by atoms with Gasteiger partial charge in [0.15, 0.2) is 0 Å². The maximum absolute atomic E-state index is 13.1. The Kier molecular flexibility index (Phi) is 7.46. The van der Waals surface area contributed by atoms with Crippen LogP contribution in [0.4, 0.5) is 11.4 Å². The van der Waals surface area contributed by atoms with Gasteiger partial charge < -0.3 is 4.90 Å². The highest BCUT2D eigenvalue weighted by atomic mass is 16.6. The summed E-state index contributed by atoms with van der Waals surface area (Å²) in [4.78, 5) is 27.2. The van der Waals surface area contributed by atoms with Gasteiger partial charge in [0.1, 0.15) is 0 Å². The molecule has 0 aliphatic heterocycles. The van der Waals surface area contributed by atoms with Crippen molar-refractivity contribution >= 4 is 17.3 Å². The third kappa shape index (κ3) is 5.87. The van der Waals surface area contributed by atoms with Crippen LogP contribution in [0.5, 0.6) is 0 Å². The van der Waals surface area contributed by atoms with Gasteiger partial charge in [-0.25, -0.2) is 0 Å². The number of amides is 1. The fourth-order valence-corrected chi connectivity index (χ4v) is 3.25. The Hall–Kier alpha value is -3.24. The van der Waals surface area contributed by atoms with Crippen LogP contribution in [0, 0.1) is 35.3 Å². The van der Waals surface area contributed by atoms with Crippen molar-refractivity contribution in [1.82, 2.24) is 4.90 Å². The average molecular weight is 394 g/mol. The predicted molar refractivity (Wildman–Crippen MR) is 113 cm³/mol. The highest BCUT2D eigenvalue weighted by molar-refractivity contribution is 5.95. The standard InChI is InChI=1S/C22H26N4O3/c1-16-11-17(2)13-21(12-16)25(10-6-9-23)22(27)15-24(4)18(3)19-7-5-8-20(14-19)26(28)29/h5,7-8,11-14,18H,6,10,15H2,1-4H3. The topological polar surface area (TPSA) is 90.5 Å². The third-order valence-electron chi connectivity index (χ3n) is 4.88. The number of nitrogens with zero attached hydrogens (tertiary/aromatic N) is 4. The van der Waals surface area contributed by atoms with E-state index in [1.54, 1.807) is 11.0 Å². The van der Waals surface area contributed by atoms with Crippen molar-refractivity contribution in [1.29, 1.82) is 5.26 Å². The van der Waals surface area contributed by atoms with Crippen molar-refractivity contribution in [2.45, 2.75) is 33.2 Å². The average Bonchev–Trinajstić information content (AvgIpc) is 2.67. The largest absolute Gasteiger partial charge is 0.310 e. The van der Waals surface area contributed by atoms with Gasteiger partial charge in [-0.3, -0.25) is 19.8 Å². The number of nitro benzene ring substituents is 1. The van der Waals surface area contributed by atoms with Gasteiger partial charge in [0.25, 0.3) is 5.69 Å². The smallest absolute Gasteiger partial charge is 0.269 e. The highest BCUT2D eigenvalue weighted by Crippen LogP contribution is 2.24. The summed E-state index contributed by atoms with van der Waals surface area (Å²) in [5, 5.41) is 20.0. The first-order valence-electron chi connectivity index (χ1n) is 9.43. The lowest BCUT2D eigenvalue weighted by atomic mass is 10.1. The summed E-state index contributed by atoms with van der Waals surface area (Å²) in [5.41, 5.74) is 3.67. The molecule has 1 atom stereocenters. The first-order chi connectivity index (χ1) is 13.7. The van der Waals surface area contributed by atoms with E-state index in [4.69, 9.17) is 5.26 Å². The fourth-order valence-electron chi connectivity index (χ4n) is 3.25. The summed E-state index contributed by atoms with van der Waals surface area (Å²) >= 11 is 0. The van der Waals surface area contributed by atoms with Crippen LogP contribution in [-0.4, -0.2) is 35.9 Å². The Bertz CT molecular complexity index is 916. The van der Waals surface area contributed by atoms with E-state index >= 15 is 0 Å². The Labute approximate surface area is 171 Å². The quantitative estimate of drug-likeness (QED) is 0.495. The first-order valence-corrected chi connectivity index (χ1v) is 9.43. The molecule has 7 nitrogen and oxygen atoms in total. The molecule has 0 aromatic heterocycles. The maximum atomic E-state index is 13.1. The van der Waals surface area contributed by atoms with Crippen molar-refractivity contribution in [3.05, 3.63) is 69.3 Å². The van der Waals surface area contributed by atoms with Crippen LogP contribution in [0.3, 0.4) is 0 Å². The van der Waals surface area contributed by atoms with Crippen molar-refractivity contribution in [3.63, 3.8) is 0 Å². The molecule has 2 rings (SSSR count). The SMILES string of the molecule is Cc1cc(C)cc(N(CCC#N)C(=O)CN(C)C(C)c2cccc([N+](=O)[O-])c2)c1. The number of carbonyl (C=O) groups is 1. The lowest BCUT2D eigenvalue weighted by Gasteiger charge is -2.29. The molecule has 7 heteroatoms. The molecule has 0 spiro atoms. The molecule has 0 radical (unpaired) electrons. The van der Waals surface area contributed by atoms with Gasteiger partial charge in [0.2, 0.25) is 5.91 Å². The molecule has 0 bridgehead atoms. The zero-order chi connectivity index (χ0) is 21.6. The monoisotopic (exact) mass is 394 g/mol. The number of likely N-dealkylation sites (N-methyl/N-ethyl adjacent to an activating group) is 1. The molecule has 0 aliphatic rings. The summed E-state index contributed by atoms with van der Waals surface area (Å²) in [6.45, 7) is 6.29. The van der Waals surface area contributed by atoms with Gasteiger partial charge in [-0.05, 0) is 56.6 Å². The Morgan fingerprint density at radius 1 is 1.21 bits per heavy atom. The van der Waals surface area contributed by atoms with Crippen molar-refractivity contribution < 1.29 is 9.72 Å². The summed E-state index contributed by atoms with van der Waals surface area (Å²) in [5.74, 6) is -0.120. The highest BCUT2D eigenvalue weighted by Gasteiger charge is 2.22. The van der Waals surface area contributed by atoms with Crippen LogP contribution in [0.2, 0.25) is 0 Å². The Morgan fingerprint density at radius 2 is 1.86 bits per heavy atom. The Morgan fingerprint density at radius 3 is 2.45 bits per heavy atom. The van der Waals surface area contributed by atoms with E-state index in [9.17, 15) is 14.9 Å². The minimum absolute atomic E-state index is 0.0277. The number of aryl methyl sites for hydroxylation is 2. The van der Waals surface area contributed by atoms with Crippen LogP contribution in [0.1, 0.15) is 36.1 Å². The summed E-state index contributed by atoms with van der Waals surface area (Å²) in [7, 11) is 1.81. The molecule has 29 heavy (non-hydrogen) atoms. The van der Waals surface area contributed by atoms with Crippen LogP contribution in [0.25, 0.3) is 0 Å². The number of carbonyl (C=O) groups excluding carboxylic acids is 1. The van der Waals surface area contributed by atoms with Gasteiger partial charge in [-0.1, -0.05) is 18.2 Å². The Balaban J connectivity index is 2.20. The van der Waals surface area contributed by atoms with E-state index in [0.717, 1.165) is 22.4 Å². The number of hydrogen-bond acceptors (Lipinski definition) is 5. The van der Waals surface area contributed by atoms with E-state index in [1.165, 1.54) is 12.1 Å². The molecule has 0 fully saturated rings. The van der Waals surface area contributed by atoms with Gasteiger partial charge in [0, 0.05) is 30.4 Å². The van der Waals surface area contributed by atoms with E-state index in [1.807, 2.05) is 57.0 Å². The molecule has 1 unspecified atom stereocenters. The van der Waals surface area contributed by atoms with E-state index in [-0.39, 0.29) is 30.6 Å². The number of hydrogen-bond donors (Lipinski definition) is 0. The lowest BCUT2D eigenvalue weighted by molar-refractivity contribution is -0.384. The van der Waals surface area contributed by atoms with E-state index in [2.05, 4.69) is 6.07 Å². The third-order valence-corrected chi connectivity index (χ3v) is 4.88.